The molecule has 3 aromatic carbocycles. The van der Waals surface area contributed by atoms with Gasteiger partial charge in [-0.2, -0.15) is 9.38 Å². The molecule has 10 nitrogen and oxygen atoms in total. The number of hydrogen-bond donors (Lipinski definition) is 3. The Labute approximate surface area is 268 Å². The average Bonchev–Trinajstić information content (AvgIpc) is 3.34. The molecule has 0 aromatic heterocycles. The standard InChI is InChI=1S/C30H27F6N5O5S/c1-16-3-12-23(45-26(33)25(31)32)22(13-16)41-24(42)15-47-29(41)40-27(43)37-17(2)14-18-4-6-19(7-5-18)38-28(44)39-20-8-10-21(11-9-20)46-30(34,35)36/h3-13,17,25-26H,14-15H2,1-2H3,(H,37,43)(H2,38,39,44). The summed E-state index contributed by atoms with van der Waals surface area (Å²) in [5, 5.41) is 7.72. The van der Waals surface area contributed by atoms with Crippen molar-refractivity contribution in [3.63, 3.8) is 0 Å². The lowest BCUT2D eigenvalue weighted by atomic mass is 10.1. The van der Waals surface area contributed by atoms with Gasteiger partial charge in [0.2, 0.25) is 5.91 Å². The smallest absolute Gasteiger partial charge is 0.452 e. The number of amides is 5. The number of benzene rings is 3. The minimum atomic E-state index is -4.83. The molecule has 3 N–H and O–H groups in total. The zero-order chi connectivity index (χ0) is 34.3. The maximum absolute atomic E-state index is 13.7. The highest BCUT2D eigenvalue weighted by atomic mass is 32.2. The number of ether oxygens (including phenoxy) is 2. The number of anilines is 3. The molecule has 250 valence electrons. The molecule has 3 aromatic rings. The minimum absolute atomic E-state index is 0.0290. The molecule has 0 spiro atoms. The van der Waals surface area contributed by atoms with Gasteiger partial charge < -0.3 is 25.4 Å². The monoisotopic (exact) mass is 683 g/mol. The number of thioether (sulfide) groups is 1. The first-order valence-electron chi connectivity index (χ1n) is 13.7. The van der Waals surface area contributed by atoms with Crippen LogP contribution in [0.1, 0.15) is 18.1 Å². The summed E-state index contributed by atoms with van der Waals surface area (Å²) >= 11 is 0.944. The van der Waals surface area contributed by atoms with Crippen LogP contribution in [0.3, 0.4) is 0 Å². The molecule has 5 amide bonds. The van der Waals surface area contributed by atoms with Crippen LogP contribution in [0, 0.1) is 6.92 Å². The van der Waals surface area contributed by atoms with Gasteiger partial charge in [-0.15, -0.1) is 13.2 Å². The predicted octanol–water partition coefficient (Wildman–Crippen LogP) is 7.25. The Morgan fingerprint density at radius 3 is 2.19 bits per heavy atom. The highest BCUT2D eigenvalue weighted by Gasteiger charge is 2.34. The van der Waals surface area contributed by atoms with Crippen molar-refractivity contribution in [3.8, 4) is 11.5 Å². The van der Waals surface area contributed by atoms with Crippen LogP contribution in [0.5, 0.6) is 11.5 Å². The fourth-order valence-corrected chi connectivity index (χ4v) is 5.11. The van der Waals surface area contributed by atoms with Crippen LogP contribution in [0.2, 0.25) is 0 Å². The molecule has 1 aliphatic rings. The Morgan fingerprint density at radius 2 is 1.60 bits per heavy atom. The van der Waals surface area contributed by atoms with E-state index in [4.69, 9.17) is 4.74 Å². The van der Waals surface area contributed by atoms with E-state index < -0.39 is 48.9 Å². The number of hydrogen-bond acceptors (Lipinski definition) is 6. The summed E-state index contributed by atoms with van der Waals surface area (Å²) in [6, 6.07) is 13.6. The SMILES string of the molecule is Cc1ccc(OC(F)C(F)F)c(N2C(=O)CSC2=NC(=O)NC(C)Cc2ccc(NC(=O)Nc3ccc(OC(F)(F)F)cc3)cc2)c1. The number of aryl methyl sites for hydroxylation is 1. The first kappa shape index (κ1) is 34.9. The van der Waals surface area contributed by atoms with E-state index in [0.29, 0.717) is 17.7 Å². The van der Waals surface area contributed by atoms with Crippen molar-refractivity contribution in [2.45, 2.75) is 45.5 Å². The number of urea groups is 2. The van der Waals surface area contributed by atoms with Gasteiger partial charge in [-0.25, -0.2) is 18.4 Å². The van der Waals surface area contributed by atoms with Crippen molar-refractivity contribution >= 4 is 52.0 Å². The van der Waals surface area contributed by atoms with Gasteiger partial charge in [0.1, 0.15) is 11.5 Å². The topological polar surface area (TPSA) is 121 Å². The van der Waals surface area contributed by atoms with Crippen LogP contribution in [-0.2, 0) is 11.2 Å². The zero-order valence-corrected chi connectivity index (χ0v) is 25.4. The second-order valence-corrected chi connectivity index (χ2v) is 11.0. The van der Waals surface area contributed by atoms with E-state index in [1.807, 2.05) is 0 Å². The Balaban J connectivity index is 1.32. The lowest BCUT2D eigenvalue weighted by Gasteiger charge is -2.21. The van der Waals surface area contributed by atoms with Gasteiger partial charge >= 0.3 is 24.9 Å². The summed E-state index contributed by atoms with van der Waals surface area (Å²) in [5.41, 5.74) is 2.03. The highest BCUT2D eigenvalue weighted by Crippen LogP contribution is 2.36. The van der Waals surface area contributed by atoms with Gasteiger partial charge in [0.25, 0.3) is 6.36 Å². The molecule has 2 atom stereocenters. The molecular formula is C30H27F6N5O5S. The van der Waals surface area contributed by atoms with Crippen molar-refractivity contribution in [3.05, 3.63) is 77.9 Å². The van der Waals surface area contributed by atoms with Gasteiger partial charge in [0.05, 0.1) is 11.4 Å². The number of rotatable bonds is 10. The third-order valence-electron chi connectivity index (χ3n) is 6.22. The lowest BCUT2D eigenvalue weighted by molar-refractivity contribution is -0.274. The van der Waals surface area contributed by atoms with E-state index in [2.05, 4.69) is 25.7 Å². The number of carbonyl (C=O) groups is 3. The Hall–Kier alpha value is -4.93. The number of nitrogens with zero attached hydrogens (tertiary/aromatic N) is 2. The highest BCUT2D eigenvalue weighted by molar-refractivity contribution is 8.15. The molecule has 47 heavy (non-hydrogen) atoms. The molecule has 1 heterocycles. The van der Waals surface area contributed by atoms with Crippen LogP contribution in [0.25, 0.3) is 0 Å². The molecule has 0 bridgehead atoms. The molecule has 0 saturated carbocycles. The first-order valence-corrected chi connectivity index (χ1v) is 14.7. The van der Waals surface area contributed by atoms with Crippen molar-refractivity contribution < 1.29 is 50.2 Å². The number of carbonyl (C=O) groups excluding carboxylic acids is 3. The fraction of sp³-hybridized carbons (Fsp3) is 0.267. The number of aliphatic imine (C=N–C) groups is 1. The van der Waals surface area contributed by atoms with Crippen LogP contribution < -0.4 is 30.3 Å². The third-order valence-corrected chi connectivity index (χ3v) is 7.15. The Morgan fingerprint density at radius 1 is 0.979 bits per heavy atom. The molecule has 0 radical (unpaired) electrons. The van der Waals surface area contributed by atoms with E-state index in [-0.39, 0.29) is 28.0 Å². The van der Waals surface area contributed by atoms with Gasteiger partial charge in [0, 0.05) is 17.4 Å². The van der Waals surface area contributed by atoms with Crippen molar-refractivity contribution in [1.29, 1.82) is 0 Å². The summed E-state index contributed by atoms with van der Waals surface area (Å²) in [5.74, 6) is -1.34. The summed E-state index contributed by atoms with van der Waals surface area (Å²) in [6.07, 6.45) is -10.8. The average molecular weight is 684 g/mol. The number of nitrogens with one attached hydrogen (secondary N) is 3. The quantitative estimate of drug-likeness (QED) is 0.194. The number of alkyl halides is 6. The van der Waals surface area contributed by atoms with Crippen molar-refractivity contribution in [2.75, 3.05) is 21.3 Å². The lowest BCUT2D eigenvalue weighted by Crippen LogP contribution is -2.35. The van der Waals surface area contributed by atoms with Gasteiger partial charge in [-0.3, -0.25) is 9.69 Å². The van der Waals surface area contributed by atoms with Crippen LogP contribution in [0.4, 0.5) is 53.0 Å². The summed E-state index contributed by atoms with van der Waals surface area (Å²) in [6.45, 7) is 3.39. The molecule has 4 rings (SSSR count). The molecule has 1 fully saturated rings. The molecule has 0 aliphatic carbocycles. The summed E-state index contributed by atoms with van der Waals surface area (Å²) in [7, 11) is 0. The number of amidine groups is 1. The van der Waals surface area contributed by atoms with Crippen molar-refractivity contribution in [2.24, 2.45) is 4.99 Å². The fourth-order valence-electron chi connectivity index (χ4n) is 4.25. The van der Waals surface area contributed by atoms with Gasteiger partial charge in [0.15, 0.2) is 5.17 Å². The van der Waals surface area contributed by atoms with E-state index in [9.17, 15) is 40.7 Å². The first-order chi connectivity index (χ1) is 22.2. The van der Waals surface area contributed by atoms with E-state index >= 15 is 0 Å². The van der Waals surface area contributed by atoms with Gasteiger partial charge in [-0.05, 0) is 79.9 Å². The third kappa shape index (κ3) is 10.3. The normalized spacial score (nSPS) is 15.4. The molecule has 1 aliphatic heterocycles. The Kier molecular flexibility index (Phi) is 11.2. The molecular weight excluding hydrogens is 656 g/mol. The van der Waals surface area contributed by atoms with E-state index in [1.165, 1.54) is 30.3 Å². The second-order valence-electron chi connectivity index (χ2n) is 10.1. The molecule has 2 unspecified atom stereocenters. The van der Waals surface area contributed by atoms with E-state index in [1.54, 1.807) is 38.1 Å². The minimum Gasteiger partial charge on any atom is -0.452 e. The number of halogens is 6. The van der Waals surface area contributed by atoms with Crippen LogP contribution in [0.15, 0.2) is 71.7 Å². The van der Waals surface area contributed by atoms with Crippen LogP contribution >= 0.6 is 11.8 Å². The Bertz CT molecular complexity index is 1620. The second kappa shape index (κ2) is 15.1. The zero-order valence-electron chi connectivity index (χ0n) is 24.6. The van der Waals surface area contributed by atoms with E-state index in [0.717, 1.165) is 34.4 Å². The van der Waals surface area contributed by atoms with Gasteiger partial charge in [-0.1, -0.05) is 30.0 Å². The summed E-state index contributed by atoms with van der Waals surface area (Å²) in [4.78, 5) is 42.7. The predicted molar refractivity (Wildman–Crippen MR) is 164 cm³/mol. The van der Waals surface area contributed by atoms with Crippen LogP contribution in [-0.4, -0.2) is 54.1 Å². The van der Waals surface area contributed by atoms with Crippen molar-refractivity contribution in [1.82, 2.24) is 5.32 Å². The maximum Gasteiger partial charge on any atom is 0.573 e. The largest absolute Gasteiger partial charge is 0.573 e. The maximum atomic E-state index is 13.7. The molecule has 17 heteroatoms. The molecule has 1 saturated heterocycles. The summed E-state index contributed by atoms with van der Waals surface area (Å²) < 4.78 is 84.7.